The predicted octanol–water partition coefficient (Wildman–Crippen LogP) is 5.74. The summed E-state index contributed by atoms with van der Waals surface area (Å²) in [5.74, 6) is 0.749. The second-order valence-electron chi connectivity index (χ2n) is 10.2. The van der Waals surface area contributed by atoms with Gasteiger partial charge in [0.1, 0.15) is 5.75 Å². The van der Waals surface area contributed by atoms with Crippen LogP contribution in [0.15, 0.2) is 111 Å². The number of phenolic OH excluding ortho intramolecular Hbond substituents is 1. The number of benzene rings is 3. The van der Waals surface area contributed by atoms with Crippen molar-refractivity contribution in [3.05, 3.63) is 123 Å². The molecule has 1 fully saturated rings. The van der Waals surface area contributed by atoms with E-state index in [1.807, 2.05) is 36.4 Å². The molecule has 3 N–H and O–H groups in total. The van der Waals surface area contributed by atoms with Crippen molar-refractivity contribution in [2.75, 3.05) is 0 Å². The summed E-state index contributed by atoms with van der Waals surface area (Å²) in [6.45, 7) is 1.17. The summed E-state index contributed by atoms with van der Waals surface area (Å²) >= 11 is 3.57. The average molecular weight is 582 g/mol. The summed E-state index contributed by atoms with van der Waals surface area (Å²) in [5, 5.41) is 17.1. The van der Waals surface area contributed by atoms with Gasteiger partial charge in [-0.25, -0.2) is 4.99 Å². The van der Waals surface area contributed by atoms with Crippen LogP contribution >= 0.6 is 15.9 Å². The van der Waals surface area contributed by atoms with Crippen molar-refractivity contribution in [2.24, 2.45) is 15.9 Å². The van der Waals surface area contributed by atoms with E-state index < -0.39 is 0 Å². The van der Waals surface area contributed by atoms with E-state index in [1.165, 1.54) is 5.56 Å². The minimum atomic E-state index is -0.0691. The Morgan fingerprint density at radius 2 is 1.67 bits per heavy atom. The van der Waals surface area contributed by atoms with E-state index in [0.29, 0.717) is 36.7 Å². The number of hydrogen-bond donors (Lipinski definition) is 3. The molecule has 6 nitrogen and oxygen atoms in total. The monoisotopic (exact) mass is 580 g/mol. The molecule has 2 aliphatic heterocycles. The Morgan fingerprint density at radius 3 is 2.44 bits per heavy atom. The Bertz CT molecular complexity index is 1510. The number of allylic oxidation sites excluding steroid dienone is 2. The van der Waals surface area contributed by atoms with Gasteiger partial charge in [0, 0.05) is 42.9 Å². The van der Waals surface area contributed by atoms with Gasteiger partial charge >= 0.3 is 0 Å². The summed E-state index contributed by atoms with van der Waals surface area (Å²) in [4.78, 5) is 22.1. The van der Waals surface area contributed by atoms with E-state index in [2.05, 4.69) is 68.0 Å². The normalized spacial score (nSPS) is 21.5. The molecule has 3 aromatic carbocycles. The van der Waals surface area contributed by atoms with Crippen LogP contribution in [0.1, 0.15) is 41.0 Å². The second-order valence-corrected chi connectivity index (χ2v) is 11.0. The molecule has 1 amide bonds. The number of nitrogens with one attached hydrogen (secondary N) is 2. The van der Waals surface area contributed by atoms with Gasteiger partial charge in [-0.1, -0.05) is 66.7 Å². The van der Waals surface area contributed by atoms with Crippen LogP contribution < -0.4 is 10.6 Å². The van der Waals surface area contributed by atoms with E-state index in [0.717, 1.165) is 33.4 Å². The highest BCUT2D eigenvalue weighted by atomic mass is 79.9. The maximum Gasteiger partial charge on any atom is 0.224 e. The lowest BCUT2D eigenvalue weighted by atomic mass is 10.1. The van der Waals surface area contributed by atoms with Gasteiger partial charge in [0.2, 0.25) is 5.91 Å². The molecule has 3 aromatic rings. The summed E-state index contributed by atoms with van der Waals surface area (Å²) in [7, 11) is 0. The lowest BCUT2D eigenvalue weighted by Crippen LogP contribution is -2.24. The van der Waals surface area contributed by atoms with E-state index in [-0.39, 0.29) is 23.6 Å². The fourth-order valence-corrected chi connectivity index (χ4v) is 5.61. The lowest BCUT2D eigenvalue weighted by Gasteiger charge is -2.13. The standard InChI is InChI=1S/C32H29BrN4O2/c33-27-19-35-29-15-23(14-28(37-31(27)29)24-8-4-5-9-30(24)38)34-17-20-10-12-21(13-11-20)18-36-32(39)26-16-25(26)22-6-2-1-3-7-22/h1-14,19,25-26,29,34,38H,15-18H2,(H,36,39)/t25-,26+,29?/m0/s1. The van der Waals surface area contributed by atoms with Crippen molar-refractivity contribution in [3.8, 4) is 5.75 Å². The molecule has 0 saturated heterocycles. The van der Waals surface area contributed by atoms with Crippen molar-refractivity contribution in [2.45, 2.75) is 37.9 Å². The molecule has 0 radical (unpaired) electrons. The van der Waals surface area contributed by atoms with Crippen LogP contribution in [0.25, 0.3) is 0 Å². The summed E-state index contributed by atoms with van der Waals surface area (Å²) in [5.41, 5.74) is 6.72. The Hall–Kier alpha value is -3.97. The molecule has 1 saturated carbocycles. The zero-order valence-corrected chi connectivity index (χ0v) is 22.9. The number of nitrogens with zero attached hydrogens (tertiary/aromatic N) is 2. The number of aromatic hydroxyl groups is 1. The first kappa shape index (κ1) is 25.3. The van der Waals surface area contributed by atoms with Gasteiger partial charge in [-0.05, 0) is 63.2 Å². The van der Waals surface area contributed by atoms with Crippen molar-refractivity contribution in [1.82, 2.24) is 10.6 Å². The van der Waals surface area contributed by atoms with Crippen molar-refractivity contribution in [3.63, 3.8) is 0 Å². The molecule has 39 heavy (non-hydrogen) atoms. The largest absolute Gasteiger partial charge is 0.507 e. The highest BCUT2D eigenvalue weighted by molar-refractivity contribution is 9.12. The zero-order chi connectivity index (χ0) is 26.8. The Morgan fingerprint density at radius 1 is 0.949 bits per heavy atom. The molecule has 0 aromatic heterocycles. The molecule has 0 spiro atoms. The van der Waals surface area contributed by atoms with Crippen LogP contribution in [0, 0.1) is 5.92 Å². The molecule has 196 valence electrons. The van der Waals surface area contributed by atoms with Gasteiger partial charge < -0.3 is 15.7 Å². The number of para-hydroxylation sites is 1. The number of phenols is 1. The third-order valence-corrected chi connectivity index (χ3v) is 8.05. The van der Waals surface area contributed by atoms with Gasteiger partial charge in [-0.3, -0.25) is 9.79 Å². The molecule has 7 heteroatoms. The third kappa shape index (κ3) is 5.73. The molecule has 1 unspecified atom stereocenters. The molecule has 2 heterocycles. The molecular weight excluding hydrogens is 552 g/mol. The molecule has 3 aliphatic rings. The zero-order valence-electron chi connectivity index (χ0n) is 21.3. The van der Waals surface area contributed by atoms with Crippen molar-refractivity contribution >= 4 is 33.8 Å². The maximum absolute atomic E-state index is 12.6. The molecule has 1 aliphatic carbocycles. The van der Waals surface area contributed by atoms with Crippen molar-refractivity contribution in [1.29, 1.82) is 0 Å². The van der Waals surface area contributed by atoms with Crippen LogP contribution in [0.4, 0.5) is 0 Å². The molecule has 6 rings (SSSR count). The van der Waals surface area contributed by atoms with Crippen LogP contribution in [0.2, 0.25) is 0 Å². The van der Waals surface area contributed by atoms with E-state index >= 15 is 0 Å². The summed E-state index contributed by atoms with van der Waals surface area (Å²) in [6.07, 6.45) is 5.42. The van der Waals surface area contributed by atoms with Crippen LogP contribution in [-0.2, 0) is 17.9 Å². The first-order valence-electron chi connectivity index (χ1n) is 13.2. The highest BCUT2D eigenvalue weighted by Crippen LogP contribution is 2.47. The van der Waals surface area contributed by atoms with Gasteiger partial charge in [0.25, 0.3) is 0 Å². The Kier molecular flexibility index (Phi) is 7.16. The van der Waals surface area contributed by atoms with Crippen LogP contribution in [0.5, 0.6) is 5.75 Å². The Labute approximate surface area is 236 Å². The number of aliphatic imine (C=N–C) groups is 2. The average Bonchev–Trinajstić information content (AvgIpc) is 3.73. The number of amides is 1. The second kappa shape index (κ2) is 11.0. The molecule has 3 atom stereocenters. The minimum absolute atomic E-state index is 0.0691. The number of hydrogen-bond acceptors (Lipinski definition) is 5. The number of carbonyl (C=O) groups is 1. The fraction of sp³-hybridized carbons (Fsp3) is 0.219. The van der Waals surface area contributed by atoms with E-state index in [9.17, 15) is 9.90 Å². The first-order chi connectivity index (χ1) is 19.0. The minimum Gasteiger partial charge on any atom is -0.507 e. The quantitative estimate of drug-likeness (QED) is 0.317. The van der Waals surface area contributed by atoms with Gasteiger partial charge in [0.15, 0.2) is 0 Å². The number of carbonyl (C=O) groups excluding carboxylic acids is 1. The number of rotatable bonds is 8. The lowest BCUT2D eigenvalue weighted by molar-refractivity contribution is -0.122. The fourth-order valence-electron chi connectivity index (χ4n) is 5.14. The van der Waals surface area contributed by atoms with Crippen LogP contribution in [-0.4, -0.2) is 29.0 Å². The predicted molar refractivity (Wildman–Crippen MR) is 158 cm³/mol. The number of halogens is 1. The summed E-state index contributed by atoms with van der Waals surface area (Å²) in [6, 6.07) is 25.7. The topological polar surface area (TPSA) is 86.1 Å². The van der Waals surface area contributed by atoms with Crippen molar-refractivity contribution < 1.29 is 9.90 Å². The highest BCUT2D eigenvalue weighted by Gasteiger charge is 2.43. The van der Waals surface area contributed by atoms with E-state index in [4.69, 9.17) is 4.99 Å². The van der Waals surface area contributed by atoms with Gasteiger partial charge in [-0.2, -0.15) is 0 Å². The molecular formula is C32H29BrN4O2. The maximum atomic E-state index is 12.6. The molecule has 0 bridgehead atoms. The van der Waals surface area contributed by atoms with Gasteiger partial charge in [-0.15, -0.1) is 0 Å². The van der Waals surface area contributed by atoms with Gasteiger partial charge in [0.05, 0.1) is 21.9 Å². The third-order valence-electron chi connectivity index (χ3n) is 7.44. The number of fused-ring (bicyclic) bond motifs is 1. The summed E-state index contributed by atoms with van der Waals surface area (Å²) < 4.78 is 0.870. The van der Waals surface area contributed by atoms with E-state index in [1.54, 1.807) is 18.3 Å². The van der Waals surface area contributed by atoms with Crippen LogP contribution in [0.3, 0.4) is 0 Å². The Balaban J connectivity index is 1.07. The first-order valence-corrected chi connectivity index (χ1v) is 14.0. The SMILES string of the molecule is O=C(NCc1ccc(CNC2=CC(c3ccccc3O)=NC3=C(Br)C=NC3C2)cc1)[C@@H]1C[C@H]1c1ccccc1. The smallest absolute Gasteiger partial charge is 0.224 e.